The van der Waals surface area contributed by atoms with Crippen LogP contribution in [0, 0.1) is 11.8 Å². The normalized spacial score (nSPS) is 22.9. The van der Waals surface area contributed by atoms with Crippen LogP contribution < -0.4 is 0 Å². The second kappa shape index (κ2) is 11.8. The van der Waals surface area contributed by atoms with E-state index in [1.165, 1.54) is 76.2 Å². The summed E-state index contributed by atoms with van der Waals surface area (Å²) in [6, 6.07) is 0. The van der Waals surface area contributed by atoms with Crippen LogP contribution in [0.5, 0.6) is 0 Å². The van der Waals surface area contributed by atoms with Gasteiger partial charge < -0.3 is 0 Å². The maximum Gasteiger partial charge on any atom is 0.000539 e. The van der Waals surface area contributed by atoms with Gasteiger partial charge in [0.05, 0.1) is 0 Å². The van der Waals surface area contributed by atoms with Crippen molar-refractivity contribution in [1.29, 1.82) is 0 Å². The summed E-state index contributed by atoms with van der Waals surface area (Å²) in [7, 11) is 0. The van der Waals surface area contributed by atoms with Crippen LogP contribution in [-0.4, -0.2) is 0 Å². The molecule has 1 saturated carbocycles. The van der Waals surface area contributed by atoms with E-state index in [0.29, 0.717) is 5.92 Å². The molecular formula is C21H36. The molecule has 1 unspecified atom stereocenters. The highest BCUT2D eigenvalue weighted by molar-refractivity contribution is 5.17. The topological polar surface area (TPSA) is 0 Å². The third-order valence-electron chi connectivity index (χ3n) is 4.71. The number of hydrogen-bond donors (Lipinski definition) is 0. The molecule has 0 aromatic heterocycles. The lowest BCUT2D eigenvalue weighted by atomic mass is 9.90. The highest BCUT2D eigenvalue weighted by Gasteiger charge is 2.26. The molecule has 0 aliphatic heterocycles. The van der Waals surface area contributed by atoms with Crippen molar-refractivity contribution in [2.45, 2.75) is 84.5 Å². The summed E-state index contributed by atoms with van der Waals surface area (Å²) in [5, 5.41) is 0. The highest BCUT2D eigenvalue weighted by atomic mass is 14.3. The van der Waals surface area contributed by atoms with Gasteiger partial charge in [-0.3, -0.25) is 0 Å². The zero-order valence-corrected chi connectivity index (χ0v) is 14.4. The van der Waals surface area contributed by atoms with Gasteiger partial charge in [-0.15, -0.1) is 0 Å². The van der Waals surface area contributed by atoms with E-state index in [1.54, 1.807) is 0 Å². The Hall–Kier alpha value is -0.780. The molecule has 2 atom stereocenters. The molecule has 21 heavy (non-hydrogen) atoms. The molecule has 0 bridgehead atoms. The Balaban J connectivity index is 2.29. The Morgan fingerprint density at radius 3 is 2.48 bits per heavy atom. The molecule has 120 valence electrons. The summed E-state index contributed by atoms with van der Waals surface area (Å²) in [6.07, 6.45) is 24.1. The molecule has 0 saturated heterocycles. The summed E-state index contributed by atoms with van der Waals surface area (Å²) >= 11 is 0. The van der Waals surface area contributed by atoms with Crippen LogP contribution in [0.4, 0.5) is 0 Å². The minimum absolute atomic E-state index is 0.645. The molecule has 1 aliphatic carbocycles. The summed E-state index contributed by atoms with van der Waals surface area (Å²) in [6.45, 7) is 8.83. The Labute approximate surface area is 133 Å². The van der Waals surface area contributed by atoms with Gasteiger partial charge in [0, 0.05) is 5.92 Å². The SMILES string of the molecule is C=C1CC[C@H](C/C=C\CCCC)C1/C=C/CCCCCC. The number of allylic oxidation sites excluding steroid dienone is 5. The van der Waals surface area contributed by atoms with Gasteiger partial charge in [-0.2, -0.15) is 0 Å². The van der Waals surface area contributed by atoms with Crippen molar-refractivity contribution in [3.8, 4) is 0 Å². The van der Waals surface area contributed by atoms with Gasteiger partial charge in [-0.25, -0.2) is 0 Å². The lowest BCUT2D eigenvalue weighted by Crippen LogP contribution is -2.05. The minimum Gasteiger partial charge on any atom is -0.0993 e. The molecule has 1 aliphatic rings. The van der Waals surface area contributed by atoms with E-state index in [-0.39, 0.29) is 0 Å². The summed E-state index contributed by atoms with van der Waals surface area (Å²) in [5.41, 5.74) is 1.46. The van der Waals surface area contributed by atoms with E-state index in [2.05, 4.69) is 44.7 Å². The molecule has 1 rings (SSSR count). The van der Waals surface area contributed by atoms with Gasteiger partial charge in [0.2, 0.25) is 0 Å². The van der Waals surface area contributed by atoms with Crippen LogP contribution in [0.25, 0.3) is 0 Å². The second-order valence-electron chi connectivity index (χ2n) is 6.61. The second-order valence-corrected chi connectivity index (χ2v) is 6.61. The van der Waals surface area contributed by atoms with E-state index in [9.17, 15) is 0 Å². The molecule has 0 nitrogen and oxygen atoms in total. The molecule has 0 aromatic carbocycles. The van der Waals surface area contributed by atoms with Crippen molar-refractivity contribution in [1.82, 2.24) is 0 Å². The molecule has 0 amide bonds. The van der Waals surface area contributed by atoms with E-state index >= 15 is 0 Å². The summed E-state index contributed by atoms with van der Waals surface area (Å²) in [4.78, 5) is 0. The van der Waals surface area contributed by atoms with Gasteiger partial charge in [0.25, 0.3) is 0 Å². The third kappa shape index (κ3) is 7.69. The maximum atomic E-state index is 4.30. The predicted molar refractivity (Wildman–Crippen MR) is 96.5 cm³/mol. The Kier molecular flexibility index (Phi) is 10.3. The van der Waals surface area contributed by atoms with Crippen LogP contribution in [0.2, 0.25) is 0 Å². The smallest absolute Gasteiger partial charge is 0.000539 e. The van der Waals surface area contributed by atoms with Crippen molar-refractivity contribution in [2.24, 2.45) is 11.8 Å². The fourth-order valence-corrected chi connectivity index (χ4v) is 3.25. The average Bonchev–Trinajstić information content (AvgIpc) is 2.83. The van der Waals surface area contributed by atoms with Crippen LogP contribution in [-0.2, 0) is 0 Å². The first-order valence-corrected chi connectivity index (χ1v) is 9.28. The lowest BCUT2D eigenvalue weighted by molar-refractivity contribution is 0.487. The van der Waals surface area contributed by atoms with Gasteiger partial charge in [-0.1, -0.05) is 82.4 Å². The minimum atomic E-state index is 0.645. The van der Waals surface area contributed by atoms with Crippen LogP contribution >= 0.6 is 0 Å². The summed E-state index contributed by atoms with van der Waals surface area (Å²) in [5.74, 6) is 1.45. The zero-order valence-electron chi connectivity index (χ0n) is 14.4. The molecule has 0 heteroatoms. The Morgan fingerprint density at radius 2 is 1.71 bits per heavy atom. The first-order chi connectivity index (χ1) is 10.3. The van der Waals surface area contributed by atoms with E-state index in [4.69, 9.17) is 0 Å². The summed E-state index contributed by atoms with van der Waals surface area (Å²) < 4.78 is 0. The molecule has 0 heterocycles. The zero-order chi connectivity index (χ0) is 15.3. The number of unbranched alkanes of at least 4 members (excludes halogenated alkanes) is 6. The first kappa shape index (κ1) is 18.3. The fourth-order valence-electron chi connectivity index (χ4n) is 3.25. The molecule has 1 fully saturated rings. The molecule has 0 aromatic rings. The fraction of sp³-hybridized carbons (Fsp3) is 0.714. The van der Waals surface area contributed by atoms with Gasteiger partial charge >= 0.3 is 0 Å². The molecule has 0 radical (unpaired) electrons. The first-order valence-electron chi connectivity index (χ1n) is 9.28. The third-order valence-corrected chi connectivity index (χ3v) is 4.71. The van der Waals surface area contributed by atoms with Gasteiger partial charge in [0.15, 0.2) is 0 Å². The monoisotopic (exact) mass is 288 g/mol. The van der Waals surface area contributed by atoms with Crippen molar-refractivity contribution in [3.05, 3.63) is 36.5 Å². The molecule has 0 N–H and O–H groups in total. The van der Waals surface area contributed by atoms with Gasteiger partial charge in [0.1, 0.15) is 0 Å². The average molecular weight is 289 g/mol. The lowest BCUT2D eigenvalue weighted by Gasteiger charge is -2.15. The Morgan fingerprint density at radius 1 is 0.952 bits per heavy atom. The van der Waals surface area contributed by atoms with E-state index in [0.717, 1.165) is 5.92 Å². The molecule has 0 spiro atoms. The molecular weight excluding hydrogens is 252 g/mol. The van der Waals surface area contributed by atoms with Crippen molar-refractivity contribution >= 4 is 0 Å². The van der Waals surface area contributed by atoms with Crippen LogP contribution in [0.15, 0.2) is 36.5 Å². The quantitative estimate of drug-likeness (QED) is 0.278. The maximum absolute atomic E-state index is 4.30. The highest BCUT2D eigenvalue weighted by Crippen LogP contribution is 2.38. The Bertz CT molecular complexity index is 321. The van der Waals surface area contributed by atoms with Crippen molar-refractivity contribution in [2.75, 3.05) is 0 Å². The van der Waals surface area contributed by atoms with Crippen molar-refractivity contribution in [3.63, 3.8) is 0 Å². The van der Waals surface area contributed by atoms with E-state index in [1.807, 2.05) is 0 Å². The standard InChI is InChI=1S/C21H36/c1-4-6-8-10-12-14-16-21-19(3)17-18-20(21)15-13-11-9-7-5-2/h11,13-14,16,20-21H,3-10,12,15,17-18H2,1-2H3/b13-11-,16-14+/t20-,21?/m0/s1. The number of hydrogen-bond acceptors (Lipinski definition) is 0. The van der Waals surface area contributed by atoms with E-state index < -0.39 is 0 Å². The van der Waals surface area contributed by atoms with Crippen LogP contribution in [0.1, 0.15) is 84.5 Å². The van der Waals surface area contributed by atoms with Gasteiger partial charge in [-0.05, 0) is 44.4 Å². The van der Waals surface area contributed by atoms with Crippen LogP contribution in [0.3, 0.4) is 0 Å². The number of rotatable bonds is 11. The van der Waals surface area contributed by atoms with Crippen molar-refractivity contribution < 1.29 is 0 Å². The predicted octanol–water partition coefficient (Wildman–Crippen LogP) is 7.23. The largest absolute Gasteiger partial charge is 0.0993 e.